The summed E-state index contributed by atoms with van der Waals surface area (Å²) in [6, 6.07) is 5.21. The number of amides is 1. The molecule has 0 aromatic heterocycles. The van der Waals surface area contributed by atoms with Crippen molar-refractivity contribution < 1.29 is 4.79 Å². The molecule has 78 valence electrons. The van der Waals surface area contributed by atoms with Crippen LogP contribution in [-0.4, -0.2) is 5.91 Å². The molecule has 0 bridgehead atoms. The third-order valence-corrected chi connectivity index (χ3v) is 2.40. The van der Waals surface area contributed by atoms with Gasteiger partial charge in [0.15, 0.2) is 0 Å². The van der Waals surface area contributed by atoms with E-state index >= 15 is 0 Å². The van der Waals surface area contributed by atoms with E-state index in [1.165, 1.54) is 6.92 Å². The lowest BCUT2D eigenvalue weighted by Crippen LogP contribution is -2.09. The molecule has 1 aromatic rings. The van der Waals surface area contributed by atoms with Gasteiger partial charge < -0.3 is 5.32 Å². The monoisotopic (exact) mass is 242 g/mol. The number of hydrogen-bond acceptors (Lipinski definition) is 2. The van der Waals surface area contributed by atoms with Crippen LogP contribution in [0.25, 0.3) is 0 Å². The third kappa shape index (κ3) is 2.62. The third-order valence-electron chi connectivity index (χ3n) is 1.80. The van der Waals surface area contributed by atoms with E-state index in [4.69, 9.17) is 28.5 Å². The molecule has 0 atom stereocenters. The van der Waals surface area contributed by atoms with Crippen molar-refractivity contribution in [3.8, 4) is 6.07 Å². The fraction of sp³-hybridized carbons (Fsp3) is 0.200. The van der Waals surface area contributed by atoms with E-state index in [1.54, 1.807) is 12.1 Å². The zero-order chi connectivity index (χ0) is 11.4. The van der Waals surface area contributed by atoms with E-state index in [9.17, 15) is 4.79 Å². The van der Waals surface area contributed by atoms with Crippen LogP contribution in [0.4, 0.5) is 5.69 Å². The molecule has 0 unspecified atom stereocenters. The Labute approximate surface area is 97.6 Å². The summed E-state index contributed by atoms with van der Waals surface area (Å²) in [6.45, 7) is 1.36. The lowest BCUT2D eigenvalue weighted by molar-refractivity contribution is -0.114. The first-order chi connectivity index (χ1) is 7.10. The van der Waals surface area contributed by atoms with E-state index in [0.29, 0.717) is 16.3 Å². The second kappa shape index (κ2) is 5.01. The van der Waals surface area contributed by atoms with Crippen LogP contribution in [0, 0.1) is 11.3 Å². The Kier molecular flexibility index (Phi) is 3.96. The highest BCUT2D eigenvalue weighted by Gasteiger charge is 2.12. The number of alkyl halides is 1. The van der Waals surface area contributed by atoms with Crippen molar-refractivity contribution in [2.45, 2.75) is 12.8 Å². The Hall–Kier alpha value is -1.24. The quantitative estimate of drug-likeness (QED) is 0.812. The second-order valence-electron chi connectivity index (χ2n) is 2.88. The number of nitriles is 1. The molecule has 0 saturated heterocycles. The molecule has 5 heteroatoms. The predicted octanol–water partition coefficient (Wildman–Crippen LogP) is 2.91. The number of hydrogen-bond donors (Lipinski definition) is 1. The summed E-state index contributed by atoms with van der Waals surface area (Å²) in [5.74, 6) is -0.0540. The summed E-state index contributed by atoms with van der Waals surface area (Å²) in [6.07, 6.45) is 0. The summed E-state index contributed by atoms with van der Waals surface area (Å²) in [7, 11) is 0. The van der Waals surface area contributed by atoms with Gasteiger partial charge in [-0.25, -0.2) is 0 Å². The predicted molar refractivity (Wildman–Crippen MR) is 60.0 cm³/mol. The molecule has 0 aliphatic rings. The maximum atomic E-state index is 11.0. The zero-order valence-corrected chi connectivity index (χ0v) is 9.49. The van der Waals surface area contributed by atoms with Gasteiger partial charge in [0.25, 0.3) is 0 Å². The maximum Gasteiger partial charge on any atom is 0.221 e. The van der Waals surface area contributed by atoms with Crippen LogP contribution in [-0.2, 0) is 10.7 Å². The van der Waals surface area contributed by atoms with E-state index in [1.807, 2.05) is 6.07 Å². The molecule has 0 heterocycles. The van der Waals surface area contributed by atoms with Crippen LogP contribution < -0.4 is 5.32 Å². The van der Waals surface area contributed by atoms with Gasteiger partial charge in [0.05, 0.1) is 16.3 Å². The first-order valence-corrected chi connectivity index (χ1v) is 5.06. The summed E-state index contributed by atoms with van der Waals surface area (Å²) in [5.41, 5.74) is 1.31. The molecule has 1 amide bonds. The normalized spacial score (nSPS) is 9.47. The number of nitrogens with zero attached hydrogens (tertiary/aromatic N) is 1. The smallest absolute Gasteiger partial charge is 0.221 e. The molecule has 0 saturated carbocycles. The second-order valence-corrected chi connectivity index (χ2v) is 3.56. The van der Waals surface area contributed by atoms with Crippen molar-refractivity contribution >= 4 is 34.8 Å². The number of anilines is 1. The van der Waals surface area contributed by atoms with Crippen LogP contribution in [0.2, 0.25) is 5.02 Å². The number of halogens is 2. The number of rotatable bonds is 2. The van der Waals surface area contributed by atoms with Crippen molar-refractivity contribution in [3.05, 3.63) is 28.3 Å². The van der Waals surface area contributed by atoms with Crippen molar-refractivity contribution in [2.24, 2.45) is 0 Å². The Morgan fingerprint density at radius 3 is 2.73 bits per heavy atom. The van der Waals surface area contributed by atoms with Crippen molar-refractivity contribution in [1.82, 2.24) is 0 Å². The fourth-order valence-electron chi connectivity index (χ4n) is 1.16. The minimum atomic E-state index is -0.264. The SMILES string of the molecule is CC(=O)Nc1c(CCl)ccc(Cl)c1C#N. The average Bonchev–Trinajstić information content (AvgIpc) is 2.18. The minimum Gasteiger partial charge on any atom is -0.325 e. The molecule has 0 spiro atoms. The standard InChI is InChI=1S/C10H8Cl2N2O/c1-6(15)14-10-7(4-11)2-3-9(12)8(10)5-13/h2-3H,4H2,1H3,(H,14,15). The van der Waals surface area contributed by atoms with E-state index < -0.39 is 0 Å². The van der Waals surface area contributed by atoms with E-state index in [2.05, 4.69) is 5.32 Å². The molecule has 0 aliphatic heterocycles. The Bertz CT molecular complexity index is 438. The molecule has 3 nitrogen and oxygen atoms in total. The average molecular weight is 243 g/mol. The van der Waals surface area contributed by atoms with Gasteiger partial charge in [-0.2, -0.15) is 5.26 Å². The van der Waals surface area contributed by atoms with Crippen molar-refractivity contribution in [3.63, 3.8) is 0 Å². The minimum absolute atomic E-state index is 0.210. The summed E-state index contributed by atoms with van der Waals surface area (Å²) < 4.78 is 0. The number of carbonyl (C=O) groups excluding carboxylic acids is 1. The highest BCUT2D eigenvalue weighted by atomic mass is 35.5. The lowest BCUT2D eigenvalue weighted by atomic mass is 10.1. The number of carbonyl (C=O) groups is 1. The summed E-state index contributed by atoms with van der Waals surface area (Å²) >= 11 is 11.5. The van der Waals surface area contributed by atoms with Crippen LogP contribution >= 0.6 is 23.2 Å². The lowest BCUT2D eigenvalue weighted by Gasteiger charge is -2.10. The van der Waals surface area contributed by atoms with Crippen molar-refractivity contribution in [1.29, 1.82) is 5.26 Å². The highest BCUT2D eigenvalue weighted by Crippen LogP contribution is 2.28. The fourth-order valence-corrected chi connectivity index (χ4v) is 1.58. The van der Waals surface area contributed by atoms with E-state index in [0.717, 1.165) is 0 Å². The van der Waals surface area contributed by atoms with Gasteiger partial charge in [-0.1, -0.05) is 17.7 Å². The Balaban J connectivity index is 3.35. The molecular formula is C10H8Cl2N2O. The first-order valence-electron chi connectivity index (χ1n) is 4.15. The van der Waals surface area contributed by atoms with Crippen LogP contribution in [0.5, 0.6) is 0 Å². The molecule has 1 rings (SSSR count). The van der Waals surface area contributed by atoms with Crippen molar-refractivity contribution in [2.75, 3.05) is 5.32 Å². The maximum absolute atomic E-state index is 11.0. The Morgan fingerprint density at radius 2 is 2.27 bits per heavy atom. The molecule has 0 fully saturated rings. The van der Waals surface area contributed by atoms with Gasteiger partial charge in [0.2, 0.25) is 5.91 Å². The van der Waals surface area contributed by atoms with E-state index in [-0.39, 0.29) is 17.4 Å². The van der Waals surface area contributed by atoms with Gasteiger partial charge in [-0.05, 0) is 11.6 Å². The van der Waals surface area contributed by atoms with Gasteiger partial charge >= 0.3 is 0 Å². The van der Waals surface area contributed by atoms with Crippen LogP contribution in [0.1, 0.15) is 18.1 Å². The molecule has 0 radical (unpaired) electrons. The summed E-state index contributed by atoms with van der Waals surface area (Å²) in [4.78, 5) is 11.0. The zero-order valence-electron chi connectivity index (χ0n) is 7.97. The van der Waals surface area contributed by atoms with Gasteiger partial charge in [-0.3, -0.25) is 4.79 Å². The number of benzene rings is 1. The number of nitrogens with one attached hydrogen (secondary N) is 1. The van der Waals surface area contributed by atoms with Crippen LogP contribution in [0.15, 0.2) is 12.1 Å². The molecule has 0 aliphatic carbocycles. The molecule has 1 aromatic carbocycles. The van der Waals surface area contributed by atoms with Gasteiger partial charge in [0, 0.05) is 12.8 Å². The molecule has 15 heavy (non-hydrogen) atoms. The first kappa shape index (κ1) is 11.8. The molecule has 1 N–H and O–H groups in total. The van der Waals surface area contributed by atoms with Gasteiger partial charge in [0.1, 0.15) is 6.07 Å². The Morgan fingerprint density at radius 1 is 1.60 bits per heavy atom. The topological polar surface area (TPSA) is 52.9 Å². The van der Waals surface area contributed by atoms with Gasteiger partial charge in [-0.15, -0.1) is 11.6 Å². The largest absolute Gasteiger partial charge is 0.325 e. The molecular weight excluding hydrogens is 235 g/mol. The highest BCUT2D eigenvalue weighted by molar-refractivity contribution is 6.32. The van der Waals surface area contributed by atoms with Crippen LogP contribution in [0.3, 0.4) is 0 Å². The summed E-state index contributed by atoms with van der Waals surface area (Å²) in [5, 5.41) is 11.8.